The summed E-state index contributed by atoms with van der Waals surface area (Å²) < 4.78 is 95.1. The second-order valence-electron chi connectivity index (χ2n) is 6.10. The molecule has 2 rings (SSSR count). The van der Waals surface area contributed by atoms with Gasteiger partial charge in [0.1, 0.15) is 11.5 Å². The minimum absolute atomic E-state index is 0.0406. The van der Waals surface area contributed by atoms with Crippen molar-refractivity contribution in [1.29, 1.82) is 0 Å². The molecule has 0 radical (unpaired) electrons. The second kappa shape index (κ2) is 7.92. The van der Waals surface area contributed by atoms with E-state index in [2.05, 4.69) is 0 Å². The van der Waals surface area contributed by atoms with Crippen LogP contribution in [0.4, 0.5) is 37.7 Å². The van der Waals surface area contributed by atoms with Gasteiger partial charge in [0.15, 0.2) is 0 Å². The van der Waals surface area contributed by atoms with Crippen molar-refractivity contribution < 1.29 is 35.8 Å². The third kappa shape index (κ3) is 3.88. The third-order valence-corrected chi connectivity index (χ3v) is 4.21. The molecule has 0 aliphatic rings. The zero-order valence-corrected chi connectivity index (χ0v) is 15.6. The van der Waals surface area contributed by atoms with Crippen molar-refractivity contribution in [3.8, 4) is 11.5 Å². The molecule has 0 spiro atoms. The van der Waals surface area contributed by atoms with E-state index in [4.69, 9.17) is 20.9 Å². The van der Waals surface area contributed by atoms with Crippen LogP contribution in [0.2, 0.25) is 0 Å². The number of anilines is 2. The van der Waals surface area contributed by atoms with Crippen LogP contribution in [0.1, 0.15) is 25.0 Å². The smallest absolute Gasteiger partial charge is 0.457 e. The van der Waals surface area contributed by atoms with E-state index in [1.807, 2.05) is 0 Å². The lowest BCUT2D eigenvalue weighted by Crippen LogP contribution is -2.53. The minimum Gasteiger partial charge on any atom is -0.492 e. The lowest BCUT2D eigenvalue weighted by atomic mass is 9.81. The first kappa shape index (κ1) is 22.5. The highest BCUT2D eigenvalue weighted by molar-refractivity contribution is 5.59. The van der Waals surface area contributed by atoms with Crippen LogP contribution < -0.4 is 20.9 Å². The Kier molecular flexibility index (Phi) is 6.15. The summed E-state index contributed by atoms with van der Waals surface area (Å²) in [7, 11) is 0. The highest BCUT2D eigenvalue weighted by Crippen LogP contribution is 2.55. The predicted octanol–water partition coefficient (Wildman–Crippen LogP) is 5.06. The van der Waals surface area contributed by atoms with Crippen molar-refractivity contribution in [2.75, 3.05) is 24.7 Å². The van der Waals surface area contributed by atoms with Crippen LogP contribution in [0, 0.1) is 0 Å². The molecule has 0 bridgehead atoms. The van der Waals surface area contributed by atoms with E-state index in [1.165, 1.54) is 0 Å². The minimum atomic E-state index is -6.19. The van der Waals surface area contributed by atoms with Crippen LogP contribution in [-0.4, -0.2) is 25.3 Å². The van der Waals surface area contributed by atoms with E-state index in [-0.39, 0.29) is 36.1 Å². The normalized spacial score (nSPS) is 12.7. The highest BCUT2D eigenvalue weighted by atomic mass is 19.4. The standard InChI is InChI=1S/C19H20F6N2O2/c1-3-28-15-9-11(5-7-13(15)26)17(20,18(21,22)19(23,24)25)12-6-8-14(27)16(10-12)29-4-2/h5-10H,3-4,26-27H2,1-2H3. The summed E-state index contributed by atoms with van der Waals surface area (Å²) in [5.74, 6) is -6.23. The van der Waals surface area contributed by atoms with Crippen LogP contribution in [0.3, 0.4) is 0 Å². The molecule has 0 aromatic heterocycles. The first-order chi connectivity index (χ1) is 13.4. The van der Waals surface area contributed by atoms with E-state index in [0.717, 1.165) is 36.4 Å². The zero-order chi connectivity index (χ0) is 22.0. The molecule has 0 heterocycles. The Balaban J connectivity index is 2.82. The lowest BCUT2D eigenvalue weighted by Gasteiger charge is -2.35. The fourth-order valence-corrected chi connectivity index (χ4v) is 2.78. The molecule has 0 saturated carbocycles. The Morgan fingerprint density at radius 2 is 1.10 bits per heavy atom. The lowest BCUT2D eigenvalue weighted by molar-refractivity contribution is -0.323. The summed E-state index contributed by atoms with van der Waals surface area (Å²) in [4.78, 5) is 0. The van der Waals surface area contributed by atoms with Gasteiger partial charge in [0.05, 0.1) is 24.6 Å². The molecule has 2 aromatic carbocycles. The van der Waals surface area contributed by atoms with Gasteiger partial charge in [-0.2, -0.15) is 22.0 Å². The van der Waals surface area contributed by atoms with E-state index in [9.17, 15) is 22.0 Å². The van der Waals surface area contributed by atoms with Gasteiger partial charge in [-0.25, -0.2) is 4.39 Å². The molecule has 10 heteroatoms. The quantitative estimate of drug-likeness (QED) is 0.484. The van der Waals surface area contributed by atoms with Crippen LogP contribution in [0.25, 0.3) is 0 Å². The predicted molar refractivity (Wildman–Crippen MR) is 96.9 cm³/mol. The van der Waals surface area contributed by atoms with Gasteiger partial charge in [-0.15, -0.1) is 0 Å². The number of ether oxygens (including phenoxy) is 2. The number of benzene rings is 2. The second-order valence-corrected chi connectivity index (χ2v) is 6.10. The number of alkyl halides is 6. The first-order valence-corrected chi connectivity index (χ1v) is 8.59. The van der Waals surface area contributed by atoms with Gasteiger partial charge in [0.2, 0.25) is 5.67 Å². The summed E-state index contributed by atoms with van der Waals surface area (Å²) in [6.45, 7) is 3.18. The third-order valence-electron chi connectivity index (χ3n) is 4.21. The van der Waals surface area contributed by atoms with E-state index in [1.54, 1.807) is 13.8 Å². The summed E-state index contributed by atoms with van der Waals surface area (Å²) in [5.41, 5.74) is 4.94. The van der Waals surface area contributed by atoms with Crippen molar-refractivity contribution >= 4 is 11.4 Å². The maximum absolute atomic E-state index is 16.0. The first-order valence-electron chi connectivity index (χ1n) is 8.59. The number of hydrogen-bond donors (Lipinski definition) is 2. The maximum Gasteiger partial charge on any atom is 0.457 e. The van der Waals surface area contributed by atoms with Gasteiger partial charge < -0.3 is 20.9 Å². The number of nitrogen functional groups attached to an aromatic ring is 2. The van der Waals surface area contributed by atoms with Gasteiger partial charge in [0.25, 0.3) is 0 Å². The molecule has 0 atom stereocenters. The molecular formula is C19H20F6N2O2. The Labute approximate surface area is 163 Å². The van der Waals surface area contributed by atoms with Crippen molar-refractivity contribution in [3.63, 3.8) is 0 Å². The number of hydrogen-bond acceptors (Lipinski definition) is 4. The Bertz CT molecular complexity index is 815. The number of halogens is 6. The van der Waals surface area contributed by atoms with Crippen LogP contribution in [0.15, 0.2) is 36.4 Å². The van der Waals surface area contributed by atoms with Crippen molar-refractivity contribution in [2.24, 2.45) is 0 Å². The summed E-state index contributed by atoms with van der Waals surface area (Å²) in [6.07, 6.45) is -6.19. The maximum atomic E-state index is 16.0. The van der Waals surface area contributed by atoms with Gasteiger partial charge >= 0.3 is 12.1 Å². The summed E-state index contributed by atoms with van der Waals surface area (Å²) in [6, 6.07) is 4.98. The van der Waals surface area contributed by atoms with Gasteiger partial charge in [-0.3, -0.25) is 0 Å². The molecule has 0 fully saturated rings. The number of nitrogens with two attached hydrogens (primary N) is 2. The van der Waals surface area contributed by atoms with Gasteiger partial charge in [0, 0.05) is 11.1 Å². The highest BCUT2D eigenvalue weighted by Gasteiger charge is 2.72. The van der Waals surface area contributed by atoms with Crippen LogP contribution >= 0.6 is 0 Å². The molecule has 0 saturated heterocycles. The Morgan fingerprint density at radius 3 is 1.41 bits per heavy atom. The molecule has 0 unspecified atom stereocenters. The van der Waals surface area contributed by atoms with Crippen molar-refractivity contribution in [2.45, 2.75) is 31.6 Å². The molecule has 4 nitrogen and oxygen atoms in total. The Morgan fingerprint density at radius 1 is 0.724 bits per heavy atom. The van der Waals surface area contributed by atoms with Gasteiger partial charge in [-0.1, -0.05) is 12.1 Å². The zero-order valence-electron chi connectivity index (χ0n) is 15.6. The fraction of sp³-hybridized carbons (Fsp3) is 0.368. The molecule has 0 aliphatic carbocycles. The molecule has 0 amide bonds. The van der Waals surface area contributed by atoms with E-state index < -0.39 is 28.9 Å². The summed E-state index contributed by atoms with van der Waals surface area (Å²) in [5, 5.41) is 0. The molecule has 2 aromatic rings. The largest absolute Gasteiger partial charge is 0.492 e. The Hall–Kier alpha value is -2.78. The molecule has 160 valence electrons. The molecule has 4 N–H and O–H groups in total. The van der Waals surface area contributed by atoms with E-state index in [0.29, 0.717) is 0 Å². The van der Waals surface area contributed by atoms with Gasteiger partial charge in [-0.05, 0) is 38.1 Å². The van der Waals surface area contributed by atoms with Crippen LogP contribution in [-0.2, 0) is 5.67 Å². The van der Waals surface area contributed by atoms with Crippen molar-refractivity contribution in [3.05, 3.63) is 47.5 Å². The number of rotatable bonds is 7. The van der Waals surface area contributed by atoms with E-state index >= 15 is 4.39 Å². The fourth-order valence-electron chi connectivity index (χ4n) is 2.78. The topological polar surface area (TPSA) is 70.5 Å². The monoisotopic (exact) mass is 422 g/mol. The SMILES string of the molecule is CCOc1cc(C(F)(c2ccc(N)c(OCC)c2)C(F)(F)C(F)(F)F)ccc1N. The molecular weight excluding hydrogens is 402 g/mol. The average Bonchev–Trinajstić information content (AvgIpc) is 2.64. The van der Waals surface area contributed by atoms with Crippen LogP contribution in [0.5, 0.6) is 11.5 Å². The summed E-state index contributed by atoms with van der Waals surface area (Å²) >= 11 is 0. The average molecular weight is 422 g/mol. The van der Waals surface area contributed by atoms with Crippen molar-refractivity contribution in [1.82, 2.24) is 0 Å². The molecule has 0 aliphatic heterocycles. The molecule has 29 heavy (non-hydrogen) atoms.